The van der Waals surface area contributed by atoms with Gasteiger partial charge >= 0.3 is 6.18 Å². The number of aromatic amines is 1. The highest BCUT2D eigenvalue weighted by Gasteiger charge is 2.42. The van der Waals surface area contributed by atoms with Gasteiger partial charge < -0.3 is 9.55 Å². The molecular formula is C19H18ClF3N4O. The Hall–Kier alpha value is -2.35. The van der Waals surface area contributed by atoms with E-state index in [-0.39, 0.29) is 29.8 Å². The largest absolute Gasteiger partial charge is 0.391 e. The molecule has 1 aliphatic rings. The lowest BCUT2D eigenvalue weighted by atomic mass is 9.81. The van der Waals surface area contributed by atoms with Gasteiger partial charge in [-0.25, -0.2) is 9.97 Å². The van der Waals surface area contributed by atoms with Crippen molar-refractivity contribution < 1.29 is 13.2 Å². The quantitative estimate of drug-likeness (QED) is 0.659. The molecule has 2 heterocycles. The normalized spacial score (nSPS) is 20.6. The number of alkyl halides is 3. The number of fused-ring (bicyclic) bond motifs is 1. The molecule has 0 radical (unpaired) electrons. The summed E-state index contributed by atoms with van der Waals surface area (Å²) in [4.78, 5) is 24.2. The highest BCUT2D eigenvalue weighted by Crippen LogP contribution is 2.42. The van der Waals surface area contributed by atoms with Crippen LogP contribution in [-0.2, 0) is 7.05 Å². The zero-order valence-corrected chi connectivity index (χ0v) is 15.8. The number of rotatable bonds is 2. The number of nitrogens with one attached hydrogen (secondary N) is 1. The van der Waals surface area contributed by atoms with E-state index in [1.165, 1.54) is 0 Å². The predicted octanol–water partition coefficient (Wildman–Crippen LogP) is 4.81. The SMILES string of the molecule is Cn1c(-c2ccc(Cl)cc2)nc2c(=O)[nH]c([C@H]3CC[C@@H](C(F)(F)F)CC3)nc21. The van der Waals surface area contributed by atoms with E-state index >= 15 is 0 Å². The minimum atomic E-state index is -4.16. The first-order valence-corrected chi connectivity index (χ1v) is 9.41. The van der Waals surface area contributed by atoms with Gasteiger partial charge in [0.2, 0.25) is 0 Å². The standard InChI is InChI=1S/C19H18ClF3N4O/c1-27-16(11-4-8-13(20)9-5-11)24-14-17(27)25-15(26-18(14)28)10-2-6-12(7-3-10)19(21,22)23/h4-5,8-10,12H,2-3,6-7H2,1H3,(H,25,26,28)/t10-,12+. The Labute approximate surface area is 163 Å². The molecule has 28 heavy (non-hydrogen) atoms. The van der Waals surface area contributed by atoms with Crippen LogP contribution in [0.3, 0.4) is 0 Å². The molecule has 0 saturated heterocycles. The number of hydrogen-bond donors (Lipinski definition) is 1. The van der Waals surface area contributed by atoms with Crippen LogP contribution in [0.5, 0.6) is 0 Å². The maximum absolute atomic E-state index is 12.9. The fourth-order valence-corrected chi connectivity index (χ4v) is 3.96. The van der Waals surface area contributed by atoms with Crippen molar-refractivity contribution >= 4 is 22.8 Å². The Morgan fingerprint density at radius 1 is 1.11 bits per heavy atom. The smallest absolute Gasteiger partial charge is 0.312 e. The lowest BCUT2D eigenvalue weighted by Gasteiger charge is -2.29. The summed E-state index contributed by atoms with van der Waals surface area (Å²) < 4.78 is 40.4. The Morgan fingerprint density at radius 3 is 2.36 bits per heavy atom. The highest BCUT2D eigenvalue weighted by molar-refractivity contribution is 6.30. The molecule has 0 atom stereocenters. The van der Waals surface area contributed by atoms with Crippen LogP contribution in [0, 0.1) is 5.92 Å². The molecule has 4 rings (SSSR count). The van der Waals surface area contributed by atoms with Crippen LogP contribution >= 0.6 is 11.6 Å². The minimum absolute atomic E-state index is 0.0529. The molecule has 1 aromatic carbocycles. The van der Waals surface area contributed by atoms with Crippen molar-refractivity contribution in [3.8, 4) is 11.4 Å². The van der Waals surface area contributed by atoms with E-state index in [9.17, 15) is 18.0 Å². The second kappa shape index (κ2) is 6.92. The number of nitrogens with zero attached hydrogens (tertiary/aromatic N) is 3. The van der Waals surface area contributed by atoms with Gasteiger partial charge in [-0.2, -0.15) is 13.2 Å². The number of aryl methyl sites for hydroxylation is 1. The molecule has 1 aliphatic carbocycles. The van der Waals surface area contributed by atoms with Gasteiger partial charge in [0, 0.05) is 23.6 Å². The summed E-state index contributed by atoms with van der Waals surface area (Å²) in [6.07, 6.45) is -3.36. The van der Waals surface area contributed by atoms with Crippen molar-refractivity contribution in [3.63, 3.8) is 0 Å². The maximum atomic E-state index is 12.9. The monoisotopic (exact) mass is 410 g/mol. The summed E-state index contributed by atoms with van der Waals surface area (Å²) in [7, 11) is 1.76. The van der Waals surface area contributed by atoms with E-state index < -0.39 is 12.1 Å². The van der Waals surface area contributed by atoms with Crippen molar-refractivity contribution in [2.24, 2.45) is 13.0 Å². The summed E-state index contributed by atoms with van der Waals surface area (Å²) in [5, 5.41) is 0.593. The molecule has 1 fully saturated rings. The topological polar surface area (TPSA) is 63.6 Å². The van der Waals surface area contributed by atoms with Crippen LogP contribution < -0.4 is 5.56 Å². The molecule has 0 spiro atoms. The maximum Gasteiger partial charge on any atom is 0.391 e. The van der Waals surface area contributed by atoms with E-state index in [2.05, 4.69) is 15.0 Å². The lowest BCUT2D eigenvalue weighted by molar-refractivity contribution is -0.182. The number of aromatic nitrogens is 4. The van der Waals surface area contributed by atoms with Gasteiger partial charge in [0.05, 0.1) is 5.92 Å². The van der Waals surface area contributed by atoms with Gasteiger partial charge in [0.25, 0.3) is 5.56 Å². The third-order valence-corrected chi connectivity index (χ3v) is 5.68. The first-order valence-electron chi connectivity index (χ1n) is 9.03. The Kier molecular flexibility index (Phi) is 4.69. The zero-order chi connectivity index (χ0) is 20.1. The second-order valence-electron chi connectivity index (χ2n) is 7.21. The summed E-state index contributed by atoms with van der Waals surface area (Å²) in [6, 6.07) is 7.07. The van der Waals surface area contributed by atoms with E-state index in [0.29, 0.717) is 35.2 Å². The third kappa shape index (κ3) is 3.41. The van der Waals surface area contributed by atoms with Crippen LogP contribution in [0.15, 0.2) is 29.1 Å². The van der Waals surface area contributed by atoms with Crippen LogP contribution in [0.4, 0.5) is 13.2 Å². The Balaban J connectivity index is 1.68. The molecule has 2 aromatic heterocycles. The van der Waals surface area contributed by atoms with E-state index in [0.717, 1.165) is 5.56 Å². The van der Waals surface area contributed by atoms with Gasteiger partial charge in [0.15, 0.2) is 11.2 Å². The number of benzene rings is 1. The molecule has 0 unspecified atom stereocenters. The Bertz CT molecular complexity index is 1060. The molecule has 1 N–H and O–H groups in total. The van der Waals surface area contributed by atoms with E-state index in [4.69, 9.17) is 11.6 Å². The van der Waals surface area contributed by atoms with Crippen LogP contribution in [0.25, 0.3) is 22.6 Å². The van der Waals surface area contributed by atoms with Gasteiger partial charge in [-0.15, -0.1) is 0 Å². The number of halogens is 4. The van der Waals surface area contributed by atoms with Crippen LogP contribution in [-0.4, -0.2) is 25.7 Å². The van der Waals surface area contributed by atoms with Crippen molar-refractivity contribution in [1.82, 2.24) is 19.5 Å². The third-order valence-electron chi connectivity index (χ3n) is 5.43. The zero-order valence-electron chi connectivity index (χ0n) is 15.1. The van der Waals surface area contributed by atoms with Crippen molar-refractivity contribution in [3.05, 3.63) is 45.5 Å². The minimum Gasteiger partial charge on any atom is -0.312 e. The van der Waals surface area contributed by atoms with Gasteiger partial charge in [0.1, 0.15) is 11.6 Å². The molecule has 9 heteroatoms. The van der Waals surface area contributed by atoms with Crippen molar-refractivity contribution in [2.75, 3.05) is 0 Å². The van der Waals surface area contributed by atoms with Gasteiger partial charge in [-0.3, -0.25) is 4.79 Å². The molecule has 1 saturated carbocycles. The van der Waals surface area contributed by atoms with Gasteiger partial charge in [-0.05, 0) is 49.9 Å². The van der Waals surface area contributed by atoms with Crippen LogP contribution in [0.1, 0.15) is 37.4 Å². The Morgan fingerprint density at radius 2 is 1.75 bits per heavy atom. The highest BCUT2D eigenvalue weighted by atomic mass is 35.5. The summed E-state index contributed by atoms with van der Waals surface area (Å²) in [5.41, 5.74) is 1.03. The van der Waals surface area contributed by atoms with E-state index in [1.54, 1.807) is 35.9 Å². The molecule has 0 bridgehead atoms. The number of imidazole rings is 1. The molecule has 0 amide bonds. The van der Waals surface area contributed by atoms with Crippen molar-refractivity contribution in [1.29, 1.82) is 0 Å². The fourth-order valence-electron chi connectivity index (χ4n) is 3.83. The summed E-state index contributed by atoms with van der Waals surface area (Å²) in [5.74, 6) is -0.455. The molecule has 0 aliphatic heterocycles. The second-order valence-corrected chi connectivity index (χ2v) is 7.65. The average molecular weight is 411 g/mol. The average Bonchev–Trinajstić information content (AvgIpc) is 2.99. The van der Waals surface area contributed by atoms with Crippen LogP contribution in [0.2, 0.25) is 5.02 Å². The fraction of sp³-hybridized carbons (Fsp3) is 0.421. The molecule has 148 valence electrons. The molecular weight excluding hydrogens is 393 g/mol. The van der Waals surface area contributed by atoms with E-state index in [1.807, 2.05) is 0 Å². The number of H-pyrrole nitrogens is 1. The first-order chi connectivity index (χ1) is 13.2. The van der Waals surface area contributed by atoms with Gasteiger partial charge in [-0.1, -0.05) is 11.6 Å². The van der Waals surface area contributed by atoms with Crippen molar-refractivity contribution in [2.45, 2.75) is 37.8 Å². The summed E-state index contributed by atoms with van der Waals surface area (Å²) >= 11 is 5.92. The summed E-state index contributed by atoms with van der Waals surface area (Å²) in [6.45, 7) is 0. The molecule has 5 nitrogen and oxygen atoms in total. The predicted molar refractivity (Wildman–Crippen MR) is 100 cm³/mol. The molecule has 3 aromatic rings. The number of hydrogen-bond acceptors (Lipinski definition) is 3. The first kappa shape index (κ1) is 19.0. The lowest BCUT2D eigenvalue weighted by Crippen LogP contribution is -2.28.